The fourth-order valence-electron chi connectivity index (χ4n) is 1.93. The summed E-state index contributed by atoms with van der Waals surface area (Å²) in [5.74, 6) is -0.913. The molecular formula is C16H17FN2O. The second-order valence-corrected chi connectivity index (χ2v) is 4.62. The van der Waals surface area contributed by atoms with Gasteiger partial charge in [-0.15, -0.1) is 0 Å². The molecule has 1 amide bonds. The van der Waals surface area contributed by atoms with E-state index in [1.54, 1.807) is 31.2 Å². The smallest absolute Gasteiger partial charge is 0.258 e. The van der Waals surface area contributed by atoms with E-state index >= 15 is 0 Å². The summed E-state index contributed by atoms with van der Waals surface area (Å²) < 4.78 is 13.9. The number of benzene rings is 2. The van der Waals surface area contributed by atoms with Gasteiger partial charge in [-0.05, 0) is 43.3 Å². The highest BCUT2D eigenvalue weighted by Crippen LogP contribution is 2.15. The van der Waals surface area contributed by atoms with Crippen molar-refractivity contribution in [2.45, 2.75) is 13.5 Å². The Morgan fingerprint density at radius 2 is 1.85 bits per heavy atom. The second-order valence-electron chi connectivity index (χ2n) is 4.62. The summed E-state index contributed by atoms with van der Waals surface area (Å²) >= 11 is 0. The molecule has 2 aromatic rings. The Balaban J connectivity index is 2.13. The Kier molecular flexibility index (Phi) is 4.48. The summed E-state index contributed by atoms with van der Waals surface area (Å²) in [5.41, 5.74) is 2.29. The molecule has 0 aliphatic rings. The number of anilines is 1. The van der Waals surface area contributed by atoms with Gasteiger partial charge in [0.15, 0.2) is 0 Å². The van der Waals surface area contributed by atoms with Crippen molar-refractivity contribution < 1.29 is 9.18 Å². The molecule has 2 N–H and O–H groups in total. The third-order valence-electron chi connectivity index (χ3n) is 3.03. The van der Waals surface area contributed by atoms with Gasteiger partial charge in [-0.3, -0.25) is 4.79 Å². The normalized spacial score (nSPS) is 10.3. The largest absolute Gasteiger partial charge is 0.322 e. The lowest BCUT2D eigenvalue weighted by Crippen LogP contribution is -2.14. The van der Waals surface area contributed by atoms with Crippen LogP contribution in [0.2, 0.25) is 0 Å². The van der Waals surface area contributed by atoms with Crippen molar-refractivity contribution in [1.29, 1.82) is 0 Å². The van der Waals surface area contributed by atoms with Crippen molar-refractivity contribution in [1.82, 2.24) is 5.32 Å². The third-order valence-corrected chi connectivity index (χ3v) is 3.03. The van der Waals surface area contributed by atoms with E-state index in [4.69, 9.17) is 0 Å². The van der Waals surface area contributed by atoms with Gasteiger partial charge in [-0.25, -0.2) is 4.39 Å². The van der Waals surface area contributed by atoms with Crippen LogP contribution in [0.25, 0.3) is 0 Å². The van der Waals surface area contributed by atoms with Crippen molar-refractivity contribution in [2.75, 3.05) is 12.4 Å². The first-order valence-electron chi connectivity index (χ1n) is 6.42. The van der Waals surface area contributed by atoms with Crippen LogP contribution in [0, 0.1) is 12.7 Å². The van der Waals surface area contributed by atoms with Crippen LogP contribution in [-0.2, 0) is 6.54 Å². The Labute approximate surface area is 117 Å². The zero-order valence-corrected chi connectivity index (χ0v) is 11.5. The lowest BCUT2D eigenvalue weighted by molar-refractivity contribution is 0.102. The maximum absolute atomic E-state index is 13.9. The molecule has 2 rings (SSSR count). The van der Waals surface area contributed by atoms with E-state index < -0.39 is 11.7 Å². The molecule has 0 unspecified atom stereocenters. The summed E-state index contributed by atoms with van der Waals surface area (Å²) in [6.07, 6.45) is 0. The van der Waals surface area contributed by atoms with Gasteiger partial charge in [0.25, 0.3) is 5.91 Å². The minimum absolute atomic E-state index is 0.0595. The first-order chi connectivity index (χ1) is 9.61. The van der Waals surface area contributed by atoms with E-state index in [1.807, 2.05) is 19.2 Å². The zero-order chi connectivity index (χ0) is 14.5. The standard InChI is InChI=1S/C16H17FN2O/c1-11-4-3-5-14(15(11)17)16(20)19-13-8-6-12(7-9-13)10-18-2/h3-9,18H,10H2,1-2H3,(H,19,20). The van der Waals surface area contributed by atoms with Gasteiger partial charge >= 0.3 is 0 Å². The van der Waals surface area contributed by atoms with E-state index in [2.05, 4.69) is 10.6 Å². The van der Waals surface area contributed by atoms with Gasteiger partial charge in [0.05, 0.1) is 5.56 Å². The molecule has 2 aromatic carbocycles. The SMILES string of the molecule is CNCc1ccc(NC(=O)c2cccc(C)c2F)cc1. The van der Waals surface area contributed by atoms with Gasteiger partial charge < -0.3 is 10.6 Å². The quantitative estimate of drug-likeness (QED) is 0.898. The number of amides is 1. The number of rotatable bonds is 4. The maximum Gasteiger partial charge on any atom is 0.258 e. The van der Waals surface area contributed by atoms with E-state index in [1.165, 1.54) is 6.07 Å². The Morgan fingerprint density at radius 3 is 2.50 bits per heavy atom. The molecule has 4 heteroatoms. The minimum atomic E-state index is -0.475. The Hall–Kier alpha value is -2.20. The molecule has 104 valence electrons. The molecule has 0 aliphatic carbocycles. The number of carbonyl (C=O) groups excluding carboxylic acids is 1. The van der Waals surface area contributed by atoms with Gasteiger partial charge in [0, 0.05) is 12.2 Å². The zero-order valence-electron chi connectivity index (χ0n) is 11.5. The lowest BCUT2D eigenvalue weighted by Gasteiger charge is -2.08. The summed E-state index contributed by atoms with van der Waals surface area (Å²) in [6, 6.07) is 12.2. The van der Waals surface area contributed by atoms with Crippen LogP contribution in [0.4, 0.5) is 10.1 Å². The number of aryl methyl sites for hydroxylation is 1. The molecule has 0 saturated carbocycles. The van der Waals surface area contributed by atoms with Crippen LogP contribution in [0.1, 0.15) is 21.5 Å². The molecule has 0 heterocycles. The van der Waals surface area contributed by atoms with Crippen molar-refractivity contribution in [3.05, 3.63) is 65.0 Å². The minimum Gasteiger partial charge on any atom is -0.322 e. The highest BCUT2D eigenvalue weighted by Gasteiger charge is 2.13. The van der Waals surface area contributed by atoms with E-state index in [9.17, 15) is 9.18 Å². The Bertz CT molecular complexity index is 608. The maximum atomic E-state index is 13.9. The van der Waals surface area contributed by atoms with Crippen LogP contribution in [-0.4, -0.2) is 13.0 Å². The van der Waals surface area contributed by atoms with Crippen LogP contribution in [0.15, 0.2) is 42.5 Å². The van der Waals surface area contributed by atoms with Gasteiger partial charge in [0.2, 0.25) is 0 Å². The lowest BCUT2D eigenvalue weighted by atomic mass is 10.1. The van der Waals surface area contributed by atoms with Gasteiger partial charge in [0.1, 0.15) is 5.82 Å². The fraction of sp³-hybridized carbons (Fsp3) is 0.188. The summed E-state index contributed by atoms with van der Waals surface area (Å²) in [7, 11) is 1.87. The highest BCUT2D eigenvalue weighted by atomic mass is 19.1. The molecule has 20 heavy (non-hydrogen) atoms. The van der Waals surface area contributed by atoms with Crippen molar-refractivity contribution in [3.63, 3.8) is 0 Å². The molecule has 0 radical (unpaired) electrons. The van der Waals surface area contributed by atoms with Gasteiger partial charge in [-0.2, -0.15) is 0 Å². The molecule has 0 atom stereocenters. The number of halogens is 1. The number of carbonyl (C=O) groups is 1. The highest BCUT2D eigenvalue weighted by molar-refractivity contribution is 6.04. The molecule has 0 aromatic heterocycles. The van der Waals surface area contributed by atoms with E-state index in [-0.39, 0.29) is 5.56 Å². The number of hydrogen-bond donors (Lipinski definition) is 2. The first-order valence-corrected chi connectivity index (χ1v) is 6.42. The van der Waals surface area contributed by atoms with Gasteiger partial charge in [-0.1, -0.05) is 24.3 Å². The summed E-state index contributed by atoms with van der Waals surface area (Å²) in [5, 5.41) is 5.74. The van der Waals surface area contributed by atoms with Crippen LogP contribution >= 0.6 is 0 Å². The molecule has 0 aliphatic heterocycles. The molecule has 3 nitrogen and oxygen atoms in total. The number of nitrogens with one attached hydrogen (secondary N) is 2. The summed E-state index contributed by atoms with van der Waals surface area (Å²) in [6.45, 7) is 2.40. The molecule has 0 saturated heterocycles. The molecule has 0 fully saturated rings. The summed E-state index contributed by atoms with van der Waals surface area (Å²) in [4.78, 5) is 12.0. The average Bonchev–Trinajstić information content (AvgIpc) is 2.44. The fourth-order valence-corrected chi connectivity index (χ4v) is 1.93. The first kappa shape index (κ1) is 14.2. The topological polar surface area (TPSA) is 41.1 Å². The van der Waals surface area contributed by atoms with Crippen molar-refractivity contribution in [2.24, 2.45) is 0 Å². The Morgan fingerprint density at radius 1 is 1.15 bits per heavy atom. The van der Waals surface area contributed by atoms with Crippen LogP contribution in [0.3, 0.4) is 0 Å². The van der Waals surface area contributed by atoms with Crippen molar-refractivity contribution in [3.8, 4) is 0 Å². The second kappa shape index (κ2) is 6.30. The molecular weight excluding hydrogens is 255 g/mol. The predicted octanol–water partition coefficient (Wildman–Crippen LogP) is 3.11. The van der Waals surface area contributed by atoms with Crippen LogP contribution in [0.5, 0.6) is 0 Å². The molecule has 0 bridgehead atoms. The van der Waals surface area contributed by atoms with E-state index in [0.717, 1.165) is 12.1 Å². The third kappa shape index (κ3) is 3.22. The average molecular weight is 272 g/mol. The van der Waals surface area contributed by atoms with E-state index in [0.29, 0.717) is 11.3 Å². The predicted molar refractivity (Wildman–Crippen MR) is 78.3 cm³/mol. The van der Waals surface area contributed by atoms with Crippen molar-refractivity contribution >= 4 is 11.6 Å². The number of hydrogen-bond acceptors (Lipinski definition) is 2. The monoisotopic (exact) mass is 272 g/mol. The van der Waals surface area contributed by atoms with Crippen LogP contribution < -0.4 is 10.6 Å². The molecule has 0 spiro atoms.